The number of amides is 2. The summed E-state index contributed by atoms with van der Waals surface area (Å²) in [5.41, 5.74) is 0. The molecule has 1 fully saturated rings. The predicted octanol–water partition coefficient (Wildman–Crippen LogP) is 0.738. The summed E-state index contributed by atoms with van der Waals surface area (Å²) in [5.74, 6) is 0.611. The molecule has 0 aromatic heterocycles. The predicted molar refractivity (Wildman–Crippen MR) is 60.7 cm³/mol. The van der Waals surface area contributed by atoms with E-state index >= 15 is 0 Å². The number of allylic oxidation sites excluding steroid dienone is 2. The van der Waals surface area contributed by atoms with Crippen molar-refractivity contribution in [1.29, 1.82) is 0 Å². The van der Waals surface area contributed by atoms with E-state index in [2.05, 4.69) is 22.8 Å². The third kappa shape index (κ3) is 3.08. The van der Waals surface area contributed by atoms with Crippen molar-refractivity contribution in [2.24, 2.45) is 5.92 Å². The fourth-order valence-corrected chi connectivity index (χ4v) is 2.25. The van der Waals surface area contributed by atoms with Crippen molar-refractivity contribution in [3.05, 3.63) is 12.2 Å². The average Bonchev–Trinajstić information content (AvgIpc) is 2.74. The van der Waals surface area contributed by atoms with Gasteiger partial charge in [0.25, 0.3) is 0 Å². The Morgan fingerprint density at radius 2 is 2.38 bits per heavy atom. The van der Waals surface area contributed by atoms with Crippen molar-refractivity contribution in [3.8, 4) is 0 Å². The van der Waals surface area contributed by atoms with Gasteiger partial charge in [-0.2, -0.15) is 0 Å². The van der Waals surface area contributed by atoms with E-state index < -0.39 is 0 Å². The lowest BCUT2D eigenvalue weighted by Crippen LogP contribution is -2.47. The molecule has 16 heavy (non-hydrogen) atoms. The lowest BCUT2D eigenvalue weighted by molar-refractivity contribution is -0.126. The Bertz CT molecular complexity index is 302. The molecule has 1 heterocycles. The van der Waals surface area contributed by atoms with E-state index in [-0.39, 0.29) is 17.9 Å². The van der Waals surface area contributed by atoms with Gasteiger partial charge in [0.1, 0.15) is 0 Å². The molecule has 2 unspecified atom stereocenters. The van der Waals surface area contributed by atoms with E-state index in [0.717, 1.165) is 19.3 Å². The van der Waals surface area contributed by atoms with E-state index in [0.29, 0.717) is 25.3 Å². The Kier molecular flexibility index (Phi) is 3.59. The molecular formula is C12H18N2O2. The Balaban J connectivity index is 1.70. The van der Waals surface area contributed by atoms with Crippen molar-refractivity contribution in [2.75, 3.05) is 6.54 Å². The van der Waals surface area contributed by atoms with Crippen molar-refractivity contribution in [2.45, 2.75) is 38.1 Å². The topological polar surface area (TPSA) is 58.2 Å². The van der Waals surface area contributed by atoms with Crippen LogP contribution in [0.1, 0.15) is 32.1 Å². The molecule has 2 rings (SSSR count). The van der Waals surface area contributed by atoms with Crippen LogP contribution in [0.2, 0.25) is 0 Å². The van der Waals surface area contributed by atoms with Gasteiger partial charge in [0, 0.05) is 25.4 Å². The highest BCUT2D eigenvalue weighted by molar-refractivity contribution is 5.79. The first-order valence-electron chi connectivity index (χ1n) is 5.97. The Labute approximate surface area is 95.5 Å². The van der Waals surface area contributed by atoms with E-state index in [9.17, 15) is 9.59 Å². The monoisotopic (exact) mass is 222 g/mol. The lowest BCUT2D eigenvalue weighted by Gasteiger charge is -2.23. The quantitative estimate of drug-likeness (QED) is 0.692. The number of carbonyl (C=O) groups is 2. The Morgan fingerprint density at radius 3 is 3.00 bits per heavy atom. The normalized spacial score (nSPS) is 28.9. The van der Waals surface area contributed by atoms with Gasteiger partial charge in [-0.3, -0.25) is 9.59 Å². The minimum Gasteiger partial charge on any atom is -0.354 e. The molecule has 1 aliphatic heterocycles. The highest BCUT2D eigenvalue weighted by Crippen LogP contribution is 2.20. The summed E-state index contributed by atoms with van der Waals surface area (Å²) >= 11 is 0. The molecular weight excluding hydrogens is 204 g/mol. The molecule has 2 atom stereocenters. The summed E-state index contributed by atoms with van der Waals surface area (Å²) in [7, 11) is 0. The van der Waals surface area contributed by atoms with Crippen LogP contribution in [0.3, 0.4) is 0 Å². The summed E-state index contributed by atoms with van der Waals surface area (Å²) in [6.07, 6.45) is 8.32. The van der Waals surface area contributed by atoms with Gasteiger partial charge in [0.15, 0.2) is 0 Å². The maximum Gasteiger partial charge on any atom is 0.220 e. The van der Waals surface area contributed by atoms with Crippen LogP contribution in [0.25, 0.3) is 0 Å². The average molecular weight is 222 g/mol. The number of hydrogen-bond donors (Lipinski definition) is 2. The summed E-state index contributed by atoms with van der Waals surface area (Å²) in [4.78, 5) is 22.6. The number of piperidine rings is 1. The second kappa shape index (κ2) is 5.14. The van der Waals surface area contributed by atoms with Crippen LogP contribution in [0, 0.1) is 5.92 Å². The second-order valence-corrected chi connectivity index (χ2v) is 4.58. The van der Waals surface area contributed by atoms with Crippen molar-refractivity contribution < 1.29 is 9.59 Å². The molecule has 0 aromatic carbocycles. The van der Waals surface area contributed by atoms with E-state index in [1.807, 2.05) is 0 Å². The molecule has 0 aromatic rings. The Hall–Kier alpha value is -1.32. The largest absolute Gasteiger partial charge is 0.354 e. The van der Waals surface area contributed by atoms with Gasteiger partial charge in [0.2, 0.25) is 11.8 Å². The van der Waals surface area contributed by atoms with Gasteiger partial charge in [-0.15, -0.1) is 0 Å². The SMILES string of the molecule is O=C1CCC(NC(=O)CC2C=CCC2)CN1. The number of carbonyl (C=O) groups excluding carboxylic acids is 2. The van der Waals surface area contributed by atoms with Crippen LogP contribution in [-0.2, 0) is 9.59 Å². The maximum absolute atomic E-state index is 11.7. The zero-order valence-corrected chi connectivity index (χ0v) is 9.37. The molecule has 1 saturated heterocycles. The van der Waals surface area contributed by atoms with E-state index in [1.54, 1.807) is 0 Å². The molecule has 0 saturated carbocycles. The smallest absolute Gasteiger partial charge is 0.220 e. The first-order chi connectivity index (χ1) is 7.74. The number of nitrogens with one attached hydrogen (secondary N) is 2. The van der Waals surface area contributed by atoms with Crippen LogP contribution >= 0.6 is 0 Å². The molecule has 0 spiro atoms. The van der Waals surface area contributed by atoms with Crippen LogP contribution in [0.15, 0.2) is 12.2 Å². The van der Waals surface area contributed by atoms with Gasteiger partial charge in [0.05, 0.1) is 0 Å². The van der Waals surface area contributed by atoms with Crippen molar-refractivity contribution >= 4 is 11.8 Å². The molecule has 2 N–H and O–H groups in total. The molecule has 2 aliphatic rings. The minimum atomic E-state index is 0.0872. The van der Waals surface area contributed by atoms with Crippen LogP contribution in [0.5, 0.6) is 0 Å². The van der Waals surface area contributed by atoms with Crippen LogP contribution in [-0.4, -0.2) is 24.4 Å². The molecule has 0 bridgehead atoms. The van der Waals surface area contributed by atoms with Gasteiger partial charge >= 0.3 is 0 Å². The first kappa shape index (κ1) is 11.2. The standard InChI is InChI=1S/C12H18N2O2/c15-11-6-5-10(8-13-11)14-12(16)7-9-3-1-2-4-9/h1,3,9-10H,2,4-8H2,(H,13,15)(H,14,16). The summed E-state index contributed by atoms with van der Waals surface area (Å²) in [6, 6.07) is 0.121. The fraction of sp³-hybridized carbons (Fsp3) is 0.667. The lowest BCUT2D eigenvalue weighted by atomic mass is 10.0. The Morgan fingerprint density at radius 1 is 1.50 bits per heavy atom. The molecule has 88 valence electrons. The highest BCUT2D eigenvalue weighted by atomic mass is 16.2. The van der Waals surface area contributed by atoms with Gasteiger partial charge < -0.3 is 10.6 Å². The summed E-state index contributed by atoms with van der Waals surface area (Å²) in [5, 5.41) is 5.74. The number of hydrogen-bond acceptors (Lipinski definition) is 2. The zero-order chi connectivity index (χ0) is 11.4. The van der Waals surface area contributed by atoms with Crippen molar-refractivity contribution in [1.82, 2.24) is 10.6 Å². The van der Waals surface area contributed by atoms with Gasteiger partial charge in [-0.1, -0.05) is 12.2 Å². The van der Waals surface area contributed by atoms with E-state index in [4.69, 9.17) is 0 Å². The molecule has 2 amide bonds. The third-order valence-corrected chi connectivity index (χ3v) is 3.19. The minimum absolute atomic E-state index is 0.0872. The fourth-order valence-electron chi connectivity index (χ4n) is 2.25. The van der Waals surface area contributed by atoms with Gasteiger partial charge in [-0.05, 0) is 25.2 Å². The maximum atomic E-state index is 11.7. The number of rotatable bonds is 3. The first-order valence-corrected chi connectivity index (χ1v) is 5.97. The summed E-state index contributed by atoms with van der Waals surface area (Å²) < 4.78 is 0. The van der Waals surface area contributed by atoms with Crippen LogP contribution in [0.4, 0.5) is 0 Å². The molecule has 0 radical (unpaired) electrons. The molecule has 4 heteroatoms. The molecule has 4 nitrogen and oxygen atoms in total. The van der Waals surface area contributed by atoms with Crippen molar-refractivity contribution in [3.63, 3.8) is 0 Å². The van der Waals surface area contributed by atoms with Gasteiger partial charge in [-0.25, -0.2) is 0 Å². The third-order valence-electron chi connectivity index (χ3n) is 3.19. The zero-order valence-electron chi connectivity index (χ0n) is 9.37. The van der Waals surface area contributed by atoms with E-state index in [1.165, 1.54) is 0 Å². The second-order valence-electron chi connectivity index (χ2n) is 4.58. The molecule has 1 aliphatic carbocycles. The highest BCUT2D eigenvalue weighted by Gasteiger charge is 2.21. The summed E-state index contributed by atoms with van der Waals surface area (Å²) in [6.45, 7) is 0.574. The van der Waals surface area contributed by atoms with Crippen LogP contribution < -0.4 is 10.6 Å².